The van der Waals surface area contributed by atoms with Crippen molar-refractivity contribution in [3.63, 3.8) is 0 Å². The second-order valence-corrected chi connectivity index (χ2v) is 13.2. The lowest BCUT2D eigenvalue weighted by Gasteiger charge is -2.30. The molecular weight excluding hydrogens is 684 g/mol. The van der Waals surface area contributed by atoms with Gasteiger partial charge in [-0.1, -0.05) is 6.07 Å². The van der Waals surface area contributed by atoms with Crippen molar-refractivity contribution in [1.29, 1.82) is 10.5 Å². The van der Waals surface area contributed by atoms with Gasteiger partial charge in [0.15, 0.2) is 5.82 Å². The van der Waals surface area contributed by atoms with E-state index in [0.29, 0.717) is 36.2 Å². The molecule has 2 N–H and O–H groups in total. The third kappa shape index (κ3) is 5.60. The van der Waals surface area contributed by atoms with E-state index in [1.807, 2.05) is 6.07 Å². The van der Waals surface area contributed by atoms with E-state index in [0.717, 1.165) is 31.2 Å². The molecule has 2 fully saturated rings. The van der Waals surface area contributed by atoms with Crippen molar-refractivity contribution in [2.75, 3.05) is 37.4 Å². The minimum absolute atomic E-state index is 0.0408. The van der Waals surface area contributed by atoms with Crippen LogP contribution in [0.4, 0.5) is 37.2 Å². The molecule has 50 heavy (non-hydrogen) atoms. The number of aromatic nitrogens is 4. The minimum atomic E-state index is -5.08. The van der Waals surface area contributed by atoms with E-state index < -0.39 is 40.6 Å². The van der Waals surface area contributed by atoms with Crippen LogP contribution in [0, 0.1) is 34.3 Å². The zero-order valence-corrected chi connectivity index (χ0v) is 27.2. The highest BCUT2D eigenvalue weighted by molar-refractivity contribution is 7.23. The first-order chi connectivity index (χ1) is 23.9. The van der Waals surface area contributed by atoms with Crippen LogP contribution in [0.25, 0.3) is 32.1 Å². The van der Waals surface area contributed by atoms with E-state index in [4.69, 9.17) is 10.5 Å². The summed E-state index contributed by atoms with van der Waals surface area (Å²) in [6.07, 6.45) is -0.875. The molecular formula is C33H27F6N9OS. The van der Waals surface area contributed by atoms with Crippen molar-refractivity contribution < 1.29 is 31.1 Å². The number of halogens is 6. The van der Waals surface area contributed by atoms with E-state index >= 15 is 4.39 Å². The van der Waals surface area contributed by atoms with Crippen molar-refractivity contribution in [2.24, 2.45) is 0 Å². The predicted molar refractivity (Wildman–Crippen MR) is 173 cm³/mol. The van der Waals surface area contributed by atoms with Gasteiger partial charge in [0.2, 0.25) is 0 Å². The fraction of sp³-hybridized carbons (Fsp3) is 0.364. The molecule has 10 nitrogen and oxygen atoms in total. The Morgan fingerprint density at radius 3 is 2.60 bits per heavy atom. The summed E-state index contributed by atoms with van der Waals surface area (Å²) >= 11 is 0.681. The number of nitrogens with two attached hydrogens (primary N) is 1. The van der Waals surface area contributed by atoms with Crippen LogP contribution >= 0.6 is 11.3 Å². The summed E-state index contributed by atoms with van der Waals surface area (Å²) in [6, 6.07) is 6.73. The summed E-state index contributed by atoms with van der Waals surface area (Å²) in [5.41, 5.74) is 3.27. The minimum Gasteiger partial charge on any atom is -0.467 e. The van der Waals surface area contributed by atoms with Gasteiger partial charge in [0.25, 0.3) is 0 Å². The standard InChI is InChI=1S/C26H15F5N8OS.C7H12FN/c1-40-25-36-21-13(24(37-25)38-4-5-39-17(10-38)11(7-32)9-35-39)6-15(26(29,30)31)19(20(21)28)12-2-3-16(27)22-18(12)14(8-33)23(34)41-22;8-6-4-7-2-1-3-9(7)5-6/h2-3,6,9H,4-5,10,34H2,1H3;6-7H,1-5H2. The van der Waals surface area contributed by atoms with E-state index in [1.54, 1.807) is 15.7 Å². The number of anilines is 2. The lowest BCUT2D eigenvalue weighted by atomic mass is 9.92. The second-order valence-electron chi connectivity index (χ2n) is 12.2. The first-order valence-corrected chi connectivity index (χ1v) is 16.4. The first kappa shape index (κ1) is 33.4. The van der Waals surface area contributed by atoms with Crippen LogP contribution in [0.2, 0.25) is 0 Å². The molecule has 0 aliphatic carbocycles. The van der Waals surface area contributed by atoms with Gasteiger partial charge in [-0.2, -0.15) is 38.8 Å². The molecule has 258 valence electrons. The first-order valence-electron chi connectivity index (χ1n) is 15.6. The fourth-order valence-corrected chi connectivity index (χ4v) is 8.01. The molecule has 2 atom stereocenters. The predicted octanol–water partition coefficient (Wildman–Crippen LogP) is 6.55. The van der Waals surface area contributed by atoms with E-state index in [2.05, 4.69) is 20.0 Å². The summed E-state index contributed by atoms with van der Waals surface area (Å²) in [7, 11) is 1.23. The lowest BCUT2D eigenvalue weighted by molar-refractivity contribution is -0.137. The van der Waals surface area contributed by atoms with Gasteiger partial charge in [-0.25, -0.2) is 13.2 Å². The van der Waals surface area contributed by atoms with Crippen LogP contribution in [-0.4, -0.2) is 63.6 Å². The second kappa shape index (κ2) is 12.6. The number of nitriles is 2. The number of thiophene rings is 1. The van der Waals surface area contributed by atoms with Gasteiger partial charge in [0.1, 0.15) is 40.5 Å². The molecule has 2 unspecified atom stereocenters. The van der Waals surface area contributed by atoms with E-state index in [1.165, 1.54) is 26.1 Å². The Balaban J connectivity index is 0.000000375. The Bertz CT molecular complexity index is 2230. The number of fused-ring (bicyclic) bond motifs is 4. The Kier molecular flexibility index (Phi) is 8.44. The SMILES string of the molecule is COc1nc(N2CCn3ncc(C#N)c3C2)c2cc(C(F)(F)F)c(-c3ccc(F)c4sc(N)c(C#N)c34)c(F)c2n1.FC1CC2CCCN2C1. The maximum atomic E-state index is 16.5. The molecule has 5 aromatic rings. The van der Waals surface area contributed by atoms with E-state index in [-0.39, 0.29) is 62.1 Å². The highest BCUT2D eigenvalue weighted by Gasteiger charge is 2.39. The van der Waals surface area contributed by atoms with Crippen LogP contribution < -0.4 is 15.4 Å². The molecule has 0 radical (unpaired) electrons. The highest BCUT2D eigenvalue weighted by atomic mass is 32.1. The Morgan fingerprint density at radius 1 is 1.10 bits per heavy atom. The summed E-state index contributed by atoms with van der Waals surface area (Å²) in [6.45, 7) is 2.44. The molecule has 2 aromatic carbocycles. The van der Waals surface area contributed by atoms with Gasteiger partial charge < -0.3 is 15.4 Å². The number of hydrogen-bond acceptors (Lipinski definition) is 10. The lowest BCUT2D eigenvalue weighted by Crippen LogP contribution is -2.35. The number of methoxy groups -OCH3 is 1. The molecule has 3 aliphatic rings. The number of hydrogen-bond donors (Lipinski definition) is 1. The summed E-state index contributed by atoms with van der Waals surface area (Å²) in [5.74, 6) is -2.22. The van der Waals surface area contributed by atoms with Gasteiger partial charge in [-0.05, 0) is 43.5 Å². The number of alkyl halides is 4. The average Bonchev–Trinajstić information content (AvgIpc) is 3.87. The van der Waals surface area contributed by atoms with Gasteiger partial charge in [0, 0.05) is 35.5 Å². The van der Waals surface area contributed by atoms with Crippen molar-refractivity contribution >= 4 is 43.1 Å². The topological polar surface area (TPSA) is 133 Å². The van der Waals surface area contributed by atoms with Gasteiger partial charge in [0.05, 0.1) is 53.5 Å². The van der Waals surface area contributed by atoms with Crippen LogP contribution in [0.15, 0.2) is 24.4 Å². The molecule has 2 saturated heterocycles. The van der Waals surface area contributed by atoms with E-state index in [9.17, 15) is 32.5 Å². The van der Waals surface area contributed by atoms with Crippen LogP contribution in [0.3, 0.4) is 0 Å². The third-order valence-corrected chi connectivity index (χ3v) is 10.4. The number of nitrogens with zero attached hydrogens (tertiary/aromatic N) is 8. The van der Waals surface area contributed by atoms with Crippen molar-refractivity contribution in [3.8, 4) is 29.3 Å². The smallest absolute Gasteiger partial charge is 0.417 e. The zero-order chi connectivity index (χ0) is 35.5. The molecule has 3 aromatic heterocycles. The molecule has 8 rings (SSSR count). The molecule has 0 bridgehead atoms. The summed E-state index contributed by atoms with van der Waals surface area (Å²) < 4.78 is 94.2. The Morgan fingerprint density at radius 2 is 1.90 bits per heavy atom. The molecule has 0 saturated carbocycles. The molecule has 3 aliphatic heterocycles. The highest BCUT2D eigenvalue weighted by Crippen LogP contribution is 2.48. The van der Waals surface area contributed by atoms with Crippen molar-refractivity contribution in [3.05, 3.63) is 58.4 Å². The van der Waals surface area contributed by atoms with Gasteiger partial charge >= 0.3 is 12.2 Å². The largest absolute Gasteiger partial charge is 0.467 e. The maximum Gasteiger partial charge on any atom is 0.417 e. The average molecular weight is 712 g/mol. The Hall–Kier alpha value is -5.13. The van der Waals surface area contributed by atoms with Crippen LogP contribution in [0.1, 0.15) is 41.6 Å². The van der Waals surface area contributed by atoms with Gasteiger partial charge in [-0.3, -0.25) is 9.58 Å². The molecule has 6 heterocycles. The third-order valence-electron chi connectivity index (χ3n) is 9.33. The Labute approximate surface area is 284 Å². The monoisotopic (exact) mass is 711 g/mol. The number of ether oxygens (including phenoxy) is 1. The van der Waals surface area contributed by atoms with Crippen molar-refractivity contribution in [2.45, 2.75) is 50.7 Å². The zero-order valence-electron chi connectivity index (χ0n) is 26.4. The number of nitrogen functional groups attached to an aromatic ring is 1. The van der Waals surface area contributed by atoms with Crippen molar-refractivity contribution in [1.82, 2.24) is 24.6 Å². The fourth-order valence-electron chi connectivity index (χ4n) is 7.07. The summed E-state index contributed by atoms with van der Waals surface area (Å²) in [5, 5.41) is 22.6. The maximum absolute atomic E-state index is 16.5. The van der Waals surface area contributed by atoms with Crippen LogP contribution in [0.5, 0.6) is 6.01 Å². The normalized spacial score (nSPS) is 18.8. The molecule has 17 heteroatoms. The molecule has 0 amide bonds. The number of rotatable bonds is 3. The quantitative estimate of drug-likeness (QED) is 0.207. The number of benzene rings is 2. The van der Waals surface area contributed by atoms with Gasteiger partial charge in [-0.15, -0.1) is 11.3 Å². The van der Waals surface area contributed by atoms with Crippen LogP contribution in [-0.2, 0) is 19.3 Å². The summed E-state index contributed by atoms with van der Waals surface area (Å²) in [4.78, 5) is 12.2. The molecule has 0 spiro atoms.